The standard InChI is InChI=1S/C17H18FNO3S/c1-4-22-15-8-11(9-23-15)17(20)19-10(2)7-12-13(19)5-6-14(21-3)16(12)18/h6-9,13H,4-5H2,1-3H3. The predicted octanol–water partition coefficient (Wildman–Crippen LogP) is 4.03. The maximum Gasteiger partial charge on any atom is 0.259 e. The van der Waals surface area contributed by atoms with Gasteiger partial charge in [0, 0.05) is 22.7 Å². The van der Waals surface area contributed by atoms with Crippen LogP contribution in [0.3, 0.4) is 0 Å². The van der Waals surface area contributed by atoms with Gasteiger partial charge in [0.05, 0.1) is 25.3 Å². The van der Waals surface area contributed by atoms with Crippen LogP contribution in [0.15, 0.2) is 46.5 Å². The number of ether oxygens (including phenoxy) is 2. The van der Waals surface area contributed by atoms with Crippen LogP contribution in [0, 0.1) is 0 Å². The summed E-state index contributed by atoms with van der Waals surface area (Å²) in [6.07, 6.45) is 3.95. The molecule has 0 spiro atoms. The quantitative estimate of drug-likeness (QED) is 0.834. The highest BCUT2D eigenvalue weighted by molar-refractivity contribution is 7.12. The van der Waals surface area contributed by atoms with Crippen molar-refractivity contribution in [2.24, 2.45) is 0 Å². The van der Waals surface area contributed by atoms with Gasteiger partial charge in [-0.25, -0.2) is 4.39 Å². The van der Waals surface area contributed by atoms with Gasteiger partial charge in [0.15, 0.2) is 16.6 Å². The van der Waals surface area contributed by atoms with E-state index in [1.807, 2.05) is 13.8 Å². The lowest BCUT2D eigenvalue weighted by Gasteiger charge is -2.28. The van der Waals surface area contributed by atoms with Crippen LogP contribution in [0.2, 0.25) is 0 Å². The molecule has 23 heavy (non-hydrogen) atoms. The minimum atomic E-state index is -0.390. The maximum absolute atomic E-state index is 14.4. The molecule has 0 N–H and O–H groups in total. The van der Waals surface area contributed by atoms with Crippen LogP contribution < -0.4 is 4.74 Å². The largest absolute Gasteiger partial charge is 0.494 e. The van der Waals surface area contributed by atoms with E-state index in [1.54, 1.807) is 28.5 Å². The van der Waals surface area contributed by atoms with Crippen LogP contribution in [-0.2, 0) is 4.74 Å². The van der Waals surface area contributed by atoms with E-state index in [4.69, 9.17) is 9.47 Å². The van der Waals surface area contributed by atoms with E-state index in [2.05, 4.69) is 0 Å². The third-order valence-corrected chi connectivity index (χ3v) is 4.80. The van der Waals surface area contributed by atoms with Crippen LogP contribution in [0.25, 0.3) is 0 Å². The van der Waals surface area contributed by atoms with Gasteiger partial charge in [-0.05, 0) is 32.4 Å². The molecule has 0 radical (unpaired) electrons. The molecular weight excluding hydrogens is 317 g/mol. The van der Waals surface area contributed by atoms with Crippen molar-refractivity contribution in [1.29, 1.82) is 0 Å². The van der Waals surface area contributed by atoms with E-state index >= 15 is 0 Å². The van der Waals surface area contributed by atoms with E-state index < -0.39 is 5.83 Å². The number of carbonyl (C=O) groups is 1. The first kappa shape index (κ1) is 15.8. The predicted molar refractivity (Wildman–Crippen MR) is 87.0 cm³/mol. The number of hydrogen-bond donors (Lipinski definition) is 0. The van der Waals surface area contributed by atoms with Crippen molar-refractivity contribution in [2.45, 2.75) is 26.3 Å². The summed E-state index contributed by atoms with van der Waals surface area (Å²) >= 11 is 1.39. The molecule has 1 aliphatic heterocycles. The SMILES string of the molecule is CCOc1cc(C(=O)N2C(C)=CC3=C(F)C(OC)=CCC32)cs1. The maximum atomic E-state index is 14.4. The van der Waals surface area contributed by atoms with E-state index in [0.717, 1.165) is 5.70 Å². The third kappa shape index (κ3) is 2.67. The smallest absolute Gasteiger partial charge is 0.259 e. The minimum absolute atomic E-state index is 0.136. The topological polar surface area (TPSA) is 38.8 Å². The Balaban J connectivity index is 1.88. The zero-order valence-electron chi connectivity index (χ0n) is 13.3. The van der Waals surface area contributed by atoms with E-state index in [0.29, 0.717) is 29.2 Å². The number of amides is 1. The highest BCUT2D eigenvalue weighted by Crippen LogP contribution is 2.39. The van der Waals surface area contributed by atoms with Gasteiger partial charge in [-0.2, -0.15) is 0 Å². The zero-order valence-corrected chi connectivity index (χ0v) is 14.1. The number of carbonyl (C=O) groups excluding carboxylic acids is 1. The second-order valence-electron chi connectivity index (χ2n) is 5.34. The summed E-state index contributed by atoms with van der Waals surface area (Å²) in [7, 11) is 1.45. The monoisotopic (exact) mass is 335 g/mol. The van der Waals surface area contributed by atoms with Gasteiger partial charge >= 0.3 is 0 Å². The third-order valence-electron chi connectivity index (χ3n) is 3.96. The van der Waals surface area contributed by atoms with Crippen molar-refractivity contribution < 1.29 is 18.7 Å². The molecule has 0 bridgehead atoms. The Labute approximate surface area is 138 Å². The lowest BCUT2D eigenvalue weighted by atomic mass is 9.98. The van der Waals surface area contributed by atoms with Crippen molar-refractivity contribution >= 4 is 17.2 Å². The Morgan fingerprint density at radius 1 is 1.52 bits per heavy atom. The van der Waals surface area contributed by atoms with Gasteiger partial charge in [-0.15, -0.1) is 11.3 Å². The van der Waals surface area contributed by atoms with Crippen molar-refractivity contribution in [2.75, 3.05) is 13.7 Å². The second kappa shape index (κ2) is 6.20. The Bertz CT molecular complexity index is 732. The molecule has 0 saturated heterocycles. The fourth-order valence-electron chi connectivity index (χ4n) is 2.93. The molecule has 0 fully saturated rings. The van der Waals surface area contributed by atoms with Crippen LogP contribution in [0.4, 0.5) is 4.39 Å². The van der Waals surface area contributed by atoms with Crippen LogP contribution in [-0.4, -0.2) is 30.6 Å². The van der Waals surface area contributed by atoms with Crippen LogP contribution >= 0.6 is 11.3 Å². The van der Waals surface area contributed by atoms with Gasteiger partial charge in [0.2, 0.25) is 0 Å². The molecule has 4 nitrogen and oxygen atoms in total. The van der Waals surface area contributed by atoms with Gasteiger partial charge in [0.25, 0.3) is 5.91 Å². The number of rotatable bonds is 4. The molecule has 0 aromatic carbocycles. The molecule has 1 unspecified atom stereocenters. The first-order valence-corrected chi connectivity index (χ1v) is 8.32. The highest BCUT2D eigenvalue weighted by Gasteiger charge is 2.38. The molecule has 1 aromatic heterocycles. The summed E-state index contributed by atoms with van der Waals surface area (Å²) in [5.41, 5.74) is 1.81. The number of methoxy groups -OCH3 is 1. The summed E-state index contributed by atoms with van der Waals surface area (Å²) in [5, 5.41) is 2.49. The molecule has 1 aromatic rings. The fourth-order valence-corrected chi connectivity index (χ4v) is 3.72. The normalized spacial score (nSPS) is 20.2. The highest BCUT2D eigenvalue weighted by atomic mass is 32.1. The van der Waals surface area contributed by atoms with Crippen molar-refractivity contribution in [1.82, 2.24) is 4.90 Å². The number of hydrogen-bond acceptors (Lipinski definition) is 4. The lowest BCUT2D eigenvalue weighted by Crippen LogP contribution is -2.36. The average Bonchev–Trinajstić information content (AvgIpc) is 3.12. The first-order chi connectivity index (χ1) is 11.1. The number of thiophene rings is 1. The Hall–Kier alpha value is -2.08. The molecule has 2 heterocycles. The summed E-state index contributed by atoms with van der Waals surface area (Å²) in [6.45, 7) is 4.27. The zero-order chi connectivity index (χ0) is 16.6. The average molecular weight is 335 g/mol. The van der Waals surface area contributed by atoms with Crippen LogP contribution in [0.5, 0.6) is 5.06 Å². The van der Waals surface area contributed by atoms with Crippen LogP contribution in [0.1, 0.15) is 30.6 Å². The minimum Gasteiger partial charge on any atom is -0.494 e. The molecule has 6 heteroatoms. The molecule has 2 aliphatic rings. The van der Waals surface area contributed by atoms with E-state index in [-0.39, 0.29) is 17.7 Å². The van der Waals surface area contributed by atoms with E-state index in [9.17, 15) is 9.18 Å². The Morgan fingerprint density at radius 2 is 2.30 bits per heavy atom. The van der Waals surface area contributed by atoms with Gasteiger partial charge in [-0.3, -0.25) is 4.79 Å². The van der Waals surface area contributed by atoms with Crippen molar-refractivity contribution in [3.05, 3.63) is 52.0 Å². The van der Waals surface area contributed by atoms with E-state index in [1.165, 1.54) is 18.4 Å². The molecule has 1 amide bonds. The molecule has 3 rings (SSSR count). The van der Waals surface area contributed by atoms with Crippen molar-refractivity contribution in [3.8, 4) is 5.06 Å². The fraction of sp³-hybridized carbons (Fsp3) is 0.353. The molecule has 1 aliphatic carbocycles. The number of nitrogens with zero attached hydrogens (tertiary/aromatic N) is 1. The summed E-state index contributed by atoms with van der Waals surface area (Å²) in [5.74, 6) is -0.287. The molecular formula is C17H18FNO3S. The lowest BCUT2D eigenvalue weighted by molar-refractivity contribution is 0.0779. The Morgan fingerprint density at radius 3 is 3.00 bits per heavy atom. The molecule has 0 saturated carbocycles. The molecule has 122 valence electrons. The number of halogens is 1. The van der Waals surface area contributed by atoms with Gasteiger partial charge in [0.1, 0.15) is 0 Å². The number of allylic oxidation sites excluding steroid dienone is 2. The second-order valence-corrected chi connectivity index (χ2v) is 6.22. The first-order valence-electron chi connectivity index (χ1n) is 7.44. The number of fused-ring (bicyclic) bond motifs is 1. The van der Waals surface area contributed by atoms with Crippen molar-refractivity contribution in [3.63, 3.8) is 0 Å². The summed E-state index contributed by atoms with van der Waals surface area (Å²) < 4.78 is 24.9. The van der Waals surface area contributed by atoms with Gasteiger partial charge < -0.3 is 14.4 Å². The summed E-state index contributed by atoms with van der Waals surface area (Å²) in [6, 6.07) is 1.43. The van der Waals surface area contributed by atoms with Gasteiger partial charge in [-0.1, -0.05) is 0 Å². The summed E-state index contributed by atoms with van der Waals surface area (Å²) in [4.78, 5) is 14.5. The Kier molecular flexibility index (Phi) is 4.26. The molecule has 1 atom stereocenters.